The largest absolute Gasteiger partial charge is 0.469 e. The minimum absolute atomic E-state index is 0.415. The molecule has 0 saturated heterocycles. The fourth-order valence-electron chi connectivity index (χ4n) is 0.263. The molecule has 0 bridgehead atoms. The monoisotopic (exact) mass is 218 g/mol. The summed E-state index contributed by atoms with van der Waals surface area (Å²) in [5, 5.41) is 0.415. The lowest BCUT2D eigenvalue weighted by atomic mass is 10.5. The Morgan fingerprint density at radius 1 is 1.78 bits per heavy atom. The Morgan fingerprint density at radius 2 is 2.22 bits per heavy atom. The molecule has 0 radical (unpaired) electrons. The number of phosphoric acid groups is 1. The van der Waals surface area contributed by atoms with Crippen LogP contribution in [0, 0.1) is 0 Å². The van der Waals surface area contributed by atoms with Crippen LogP contribution in [-0.4, -0.2) is 21.2 Å². The van der Waals surface area contributed by atoms with Crippen molar-refractivity contribution in [2.24, 2.45) is 0 Å². The van der Waals surface area contributed by atoms with E-state index in [1.165, 1.54) is 0 Å². The molecule has 0 heterocycles. The molecule has 0 aromatic rings. The Hall–Kier alpha value is 0.590. The molecule has 0 aliphatic rings. The third-order valence-corrected chi connectivity index (χ3v) is 2.08. The first kappa shape index (κ1) is 9.59. The third kappa shape index (κ3) is 6.48. The molecule has 0 amide bonds. The first-order valence-electron chi connectivity index (χ1n) is 2.25. The first-order valence-corrected chi connectivity index (χ1v) is 4.91. The smallest absolute Gasteiger partial charge is 0.303 e. The number of halogens is 1. The quantitative estimate of drug-likeness (QED) is 0.546. The van der Waals surface area contributed by atoms with Crippen LogP contribution in [-0.2, 0) is 9.09 Å². The standard InChI is InChI=1S/C3H8BrO4P/c1-3(2-4)8-9(5,6)7/h3H,2H2,1H3,(H2,5,6,7)/t3-/m0/s1. The van der Waals surface area contributed by atoms with Gasteiger partial charge in [-0.15, -0.1) is 0 Å². The van der Waals surface area contributed by atoms with Gasteiger partial charge in [-0.25, -0.2) is 4.57 Å². The van der Waals surface area contributed by atoms with Crippen LogP contribution in [0.4, 0.5) is 0 Å². The van der Waals surface area contributed by atoms with Gasteiger partial charge in [0.2, 0.25) is 0 Å². The molecule has 0 fully saturated rings. The number of phosphoric ester groups is 1. The van der Waals surface area contributed by atoms with E-state index in [0.29, 0.717) is 5.33 Å². The van der Waals surface area contributed by atoms with Gasteiger partial charge in [0.15, 0.2) is 0 Å². The molecular weight excluding hydrogens is 211 g/mol. The van der Waals surface area contributed by atoms with Crippen molar-refractivity contribution in [1.29, 1.82) is 0 Å². The number of hydrogen-bond acceptors (Lipinski definition) is 2. The molecule has 4 nitrogen and oxygen atoms in total. The summed E-state index contributed by atoms with van der Waals surface area (Å²) in [6.45, 7) is 1.56. The average Bonchev–Trinajstić information content (AvgIpc) is 1.62. The molecule has 0 aliphatic carbocycles. The van der Waals surface area contributed by atoms with Gasteiger partial charge in [-0.05, 0) is 6.92 Å². The van der Waals surface area contributed by atoms with Crippen LogP contribution >= 0.6 is 23.8 Å². The summed E-state index contributed by atoms with van der Waals surface area (Å²) in [6.07, 6.45) is -0.453. The van der Waals surface area contributed by atoms with Crippen LogP contribution in [0.3, 0.4) is 0 Å². The van der Waals surface area contributed by atoms with E-state index in [1.54, 1.807) is 6.92 Å². The van der Waals surface area contributed by atoms with Crippen molar-refractivity contribution in [2.45, 2.75) is 13.0 Å². The highest BCUT2D eigenvalue weighted by molar-refractivity contribution is 9.09. The maximum absolute atomic E-state index is 10.1. The summed E-state index contributed by atoms with van der Waals surface area (Å²) >= 11 is 3.00. The van der Waals surface area contributed by atoms with E-state index in [1.807, 2.05) is 0 Å². The maximum atomic E-state index is 10.1. The predicted molar refractivity (Wildman–Crippen MR) is 36.4 cm³/mol. The van der Waals surface area contributed by atoms with Crippen LogP contribution in [0.25, 0.3) is 0 Å². The van der Waals surface area contributed by atoms with Gasteiger partial charge in [-0.1, -0.05) is 15.9 Å². The Morgan fingerprint density at radius 3 is 2.33 bits per heavy atom. The molecule has 0 spiro atoms. The zero-order valence-corrected chi connectivity index (χ0v) is 7.30. The average molecular weight is 219 g/mol. The van der Waals surface area contributed by atoms with Crippen molar-refractivity contribution in [3.8, 4) is 0 Å². The second-order valence-electron chi connectivity index (χ2n) is 1.56. The van der Waals surface area contributed by atoms with Crippen molar-refractivity contribution < 1.29 is 18.9 Å². The molecule has 56 valence electrons. The van der Waals surface area contributed by atoms with E-state index < -0.39 is 13.9 Å². The predicted octanol–water partition coefficient (Wildman–Crippen LogP) is 0.879. The lowest BCUT2D eigenvalue weighted by Gasteiger charge is -2.09. The van der Waals surface area contributed by atoms with Crippen LogP contribution in [0.1, 0.15) is 6.92 Å². The van der Waals surface area contributed by atoms with Crippen LogP contribution in [0.15, 0.2) is 0 Å². The van der Waals surface area contributed by atoms with Gasteiger partial charge in [-0.3, -0.25) is 4.52 Å². The molecule has 1 atom stereocenters. The van der Waals surface area contributed by atoms with Gasteiger partial charge >= 0.3 is 7.82 Å². The van der Waals surface area contributed by atoms with E-state index in [2.05, 4.69) is 20.5 Å². The Bertz CT molecular complexity index is 121. The van der Waals surface area contributed by atoms with Crippen LogP contribution < -0.4 is 0 Å². The molecule has 0 unspecified atom stereocenters. The Labute approximate surface area is 61.6 Å². The summed E-state index contributed by atoms with van der Waals surface area (Å²) < 4.78 is 14.3. The lowest BCUT2D eigenvalue weighted by Crippen LogP contribution is -2.06. The lowest BCUT2D eigenvalue weighted by molar-refractivity contribution is 0.159. The number of rotatable bonds is 3. The van der Waals surface area contributed by atoms with Gasteiger partial charge in [0.25, 0.3) is 0 Å². The van der Waals surface area contributed by atoms with E-state index in [9.17, 15) is 4.57 Å². The molecule has 9 heavy (non-hydrogen) atoms. The van der Waals surface area contributed by atoms with Crippen molar-refractivity contribution in [3.05, 3.63) is 0 Å². The molecule has 6 heteroatoms. The summed E-state index contributed by atoms with van der Waals surface area (Å²) in [4.78, 5) is 16.4. The number of alkyl halides is 1. The van der Waals surface area contributed by atoms with E-state index >= 15 is 0 Å². The molecule has 0 aromatic carbocycles. The maximum Gasteiger partial charge on any atom is 0.469 e. The minimum atomic E-state index is -4.27. The van der Waals surface area contributed by atoms with Crippen LogP contribution in [0.2, 0.25) is 0 Å². The Kier molecular flexibility index (Phi) is 3.93. The SMILES string of the molecule is C[C@@H](CBr)OP(=O)(O)O. The van der Waals surface area contributed by atoms with Crippen molar-refractivity contribution >= 4 is 23.8 Å². The van der Waals surface area contributed by atoms with Gasteiger partial charge in [0, 0.05) is 5.33 Å². The molecular formula is C3H8BrO4P. The fourth-order valence-corrected chi connectivity index (χ4v) is 1.14. The van der Waals surface area contributed by atoms with E-state index in [4.69, 9.17) is 9.79 Å². The summed E-state index contributed by atoms with van der Waals surface area (Å²) in [7, 11) is -4.27. The third-order valence-electron chi connectivity index (χ3n) is 0.535. The van der Waals surface area contributed by atoms with Gasteiger partial charge in [0.1, 0.15) is 0 Å². The van der Waals surface area contributed by atoms with E-state index in [-0.39, 0.29) is 0 Å². The highest BCUT2D eigenvalue weighted by Gasteiger charge is 2.17. The normalized spacial score (nSPS) is 15.6. The second kappa shape index (κ2) is 3.68. The molecule has 0 rings (SSSR count). The highest BCUT2D eigenvalue weighted by Crippen LogP contribution is 2.37. The van der Waals surface area contributed by atoms with E-state index in [0.717, 1.165) is 0 Å². The van der Waals surface area contributed by atoms with Crippen molar-refractivity contribution in [1.82, 2.24) is 0 Å². The zero-order valence-electron chi connectivity index (χ0n) is 4.82. The summed E-state index contributed by atoms with van der Waals surface area (Å²) in [6, 6.07) is 0. The Balaban J connectivity index is 3.60. The molecule has 0 aliphatic heterocycles. The summed E-state index contributed by atoms with van der Waals surface area (Å²) in [5.74, 6) is 0. The second-order valence-corrected chi connectivity index (χ2v) is 3.40. The van der Waals surface area contributed by atoms with Gasteiger partial charge in [0.05, 0.1) is 6.10 Å². The summed E-state index contributed by atoms with van der Waals surface area (Å²) in [5.41, 5.74) is 0. The van der Waals surface area contributed by atoms with Crippen molar-refractivity contribution in [3.63, 3.8) is 0 Å². The highest BCUT2D eigenvalue weighted by atomic mass is 79.9. The fraction of sp³-hybridized carbons (Fsp3) is 1.00. The molecule has 2 N–H and O–H groups in total. The molecule has 0 aromatic heterocycles. The van der Waals surface area contributed by atoms with Crippen molar-refractivity contribution in [2.75, 3.05) is 5.33 Å². The number of hydrogen-bond donors (Lipinski definition) is 2. The topological polar surface area (TPSA) is 66.8 Å². The van der Waals surface area contributed by atoms with Crippen LogP contribution in [0.5, 0.6) is 0 Å². The molecule has 0 saturated carbocycles. The zero-order chi connectivity index (χ0) is 7.49. The van der Waals surface area contributed by atoms with Gasteiger partial charge in [-0.2, -0.15) is 0 Å². The first-order chi connectivity index (χ1) is 3.95. The minimum Gasteiger partial charge on any atom is -0.303 e. The van der Waals surface area contributed by atoms with Gasteiger partial charge < -0.3 is 9.79 Å².